The zero-order valence-corrected chi connectivity index (χ0v) is 39.3. The SMILES string of the molecule is Cc1ncsc1-c1ccc(CNC(=O)[C@@H]2C[C@@H](O)CN2C(=O)[C@@H](NC(=O)C2CCC(CCCN3CCC(n4cc(-c5cc(-c6ccccc6O)nnc5N)cn4)CC3)CC2)C(C)(C)C)cc1. The summed E-state index contributed by atoms with van der Waals surface area (Å²) in [6, 6.07) is 15.5. The highest BCUT2D eigenvalue weighted by Crippen LogP contribution is 2.36. The molecule has 0 spiro atoms. The van der Waals surface area contributed by atoms with Crippen LogP contribution in [-0.4, -0.2) is 107 Å². The van der Waals surface area contributed by atoms with Gasteiger partial charge in [0.1, 0.15) is 17.8 Å². The van der Waals surface area contributed by atoms with Crippen LogP contribution < -0.4 is 16.4 Å². The van der Waals surface area contributed by atoms with Gasteiger partial charge in [0.05, 0.1) is 40.1 Å². The van der Waals surface area contributed by atoms with E-state index in [1.54, 1.807) is 29.5 Å². The normalized spacial score (nSPS) is 21.1. The highest BCUT2D eigenvalue weighted by molar-refractivity contribution is 7.13. The van der Waals surface area contributed by atoms with E-state index in [1.165, 1.54) is 4.90 Å². The van der Waals surface area contributed by atoms with E-state index in [0.717, 1.165) is 104 Å². The maximum atomic E-state index is 14.2. The number of nitrogens with zero attached hydrogens (tertiary/aromatic N) is 7. The number of likely N-dealkylation sites (tertiary alicyclic amines) is 2. The van der Waals surface area contributed by atoms with E-state index in [1.807, 2.05) is 86.7 Å². The number of anilines is 1. The number of amides is 3. The van der Waals surface area contributed by atoms with Crippen LogP contribution in [0.3, 0.4) is 0 Å². The molecule has 3 fully saturated rings. The summed E-state index contributed by atoms with van der Waals surface area (Å²) in [7, 11) is 0. The molecule has 5 heterocycles. The van der Waals surface area contributed by atoms with Gasteiger partial charge in [-0.2, -0.15) is 5.10 Å². The Morgan fingerprint density at radius 2 is 1.68 bits per heavy atom. The number of carbonyl (C=O) groups excluding carboxylic acids is 3. The van der Waals surface area contributed by atoms with Crippen molar-refractivity contribution >= 4 is 34.9 Å². The van der Waals surface area contributed by atoms with E-state index in [4.69, 9.17) is 10.8 Å². The predicted molar refractivity (Wildman–Crippen MR) is 256 cm³/mol. The molecule has 3 amide bonds. The Balaban J connectivity index is 0.764. The van der Waals surface area contributed by atoms with Crippen molar-refractivity contribution < 1.29 is 24.6 Å². The van der Waals surface area contributed by atoms with Crippen molar-refractivity contribution in [3.05, 3.63) is 83.8 Å². The van der Waals surface area contributed by atoms with Crippen molar-refractivity contribution in [1.82, 2.24) is 45.4 Å². The van der Waals surface area contributed by atoms with Gasteiger partial charge in [0, 0.05) is 61.4 Å². The van der Waals surface area contributed by atoms with E-state index in [0.29, 0.717) is 35.6 Å². The second-order valence-corrected chi connectivity index (χ2v) is 20.4. The third-order valence-electron chi connectivity index (χ3n) is 13.8. The number of benzene rings is 2. The lowest BCUT2D eigenvalue weighted by Crippen LogP contribution is -2.58. The summed E-state index contributed by atoms with van der Waals surface area (Å²) >= 11 is 1.59. The van der Waals surface area contributed by atoms with E-state index in [-0.39, 0.29) is 42.4 Å². The van der Waals surface area contributed by atoms with Gasteiger partial charge in [-0.1, -0.05) is 57.2 Å². The molecule has 8 rings (SSSR count). The fourth-order valence-electron chi connectivity index (χ4n) is 9.90. The summed E-state index contributed by atoms with van der Waals surface area (Å²) in [4.78, 5) is 51.1. The Hall–Kier alpha value is -5.71. The Morgan fingerprint density at radius 1 is 0.939 bits per heavy atom. The number of rotatable bonds is 14. The third-order valence-corrected chi connectivity index (χ3v) is 14.8. The number of aliphatic hydroxyl groups excluding tert-OH is 1. The van der Waals surface area contributed by atoms with Crippen molar-refractivity contribution in [1.29, 1.82) is 0 Å². The number of nitrogens with two attached hydrogens (primary N) is 1. The van der Waals surface area contributed by atoms with Crippen LogP contribution in [0.2, 0.25) is 0 Å². The van der Waals surface area contributed by atoms with Gasteiger partial charge in [0.25, 0.3) is 0 Å². The molecular weight excluding hydrogens is 853 g/mol. The van der Waals surface area contributed by atoms with Crippen LogP contribution in [-0.2, 0) is 20.9 Å². The number of hydrogen-bond donors (Lipinski definition) is 5. The van der Waals surface area contributed by atoms with Crippen LogP contribution in [0.4, 0.5) is 5.82 Å². The number of nitrogen functional groups attached to an aromatic ring is 1. The van der Waals surface area contributed by atoms with E-state index >= 15 is 0 Å². The summed E-state index contributed by atoms with van der Waals surface area (Å²) in [5.74, 6) is 0.0943. The molecule has 350 valence electrons. The highest BCUT2D eigenvalue weighted by atomic mass is 32.1. The van der Waals surface area contributed by atoms with Crippen LogP contribution in [0, 0.1) is 24.2 Å². The molecule has 2 saturated heterocycles. The number of para-hydroxylation sites is 1. The van der Waals surface area contributed by atoms with Crippen molar-refractivity contribution in [2.75, 3.05) is 31.9 Å². The molecule has 1 saturated carbocycles. The summed E-state index contributed by atoms with van der Waals surface area (Å²) in [6.45, 7) is 11.1. The number of piperidine rings is 1. The van der Waals surface area contributed by atoms with Gasteiger partial charge < -0.3 is 36.4 Å². The van der Waals surface area contributed by atoms with Gasteiger partial charge in [0.2, 0.25) is 17.7 Å². The molecule has 0 bridgehead atoms. The first-order chi connectivity index (χ1) is 31.7. The lowest BCUT2D eigenvalue weighted by atomic mass is 9.79. The minimum atomic E-state index is -0.840. The first kappa shape index (κ1) is 46.8. The Morgan fingerprint density at radius 3 is 2.38 bits per heavy atom. The number of carbonyl (C=O) groups is 3. The number of phenolic OH excluding ortho intramolecular Hbond substituents is 1. The van der Waals surface area contributed by atoms with Crippen molar-refractivity contribution in [2.45, 2.75) is 116 Å². The van der Waals surface area contributed by atoms with Crippen LogP contribution >= 0.6 is 11.3 Å². The summed E-state index contributed by atoms with van der Waals surface area (Å²) in [6.07, 6.45) is 11.0. The maximum absolute atomic E-state index is 14.2. The van der Waals surface area contributed by atoms with Crippen LogP contribution in [0.1, 0.15) is 95.9 Å². The molecule has 16 heteroatoms. The topological polar surface area (TPSA) is 205 Å². The number of hydrogen-bond acceptors (Lipinski definition) is 12. The van der Waals surface area contributed by atoms with Gasteiger partial charge in [-0.25, -0.2) is 4.98 Å². The summed E-state index contributed by atoms with van der Waals surface area (Å²) < 4.78 is 2.04. The smallest absolute Gasteiger partial charge is 0.246 e. The first-order valence-corrected chi connectivity index (χ1v) is 24.3. The molecule has 6 N–H and O–H groups in total. The zero-order valence-electron chi connectivity index (χ0n) is 38.5. The molecule has 0 radical (unpaired) electrons. The third kappa shape index (κ3) is 10.9. The number of β-amino-alcohol motifs (C(OH)–C–C–N with tert-alkyl or cyclic N) is 1. The number of aromatic hydroxyl groups is 1. The standard InChI is InChI=1S/C50H64N10O5S/c1-31-44(66-30-53-31)34-15-13-33(14-16-34)26-52-48(64)42-24-38(61)29-59(42)49(65)45(50(2,3)4)55-47(63)35-17-11-32(12-18-35)8-7-21-58-22-19-37(20-23-58)60-28-36(27-54-60)40-25-41(56-57-46(40)51)39-9-5-6-10-43(39)62/h5-6,9-10,13-16,25,27-28,30,32,35,37-38,42,45,61-62H,7-8,11-12,17-24,26,29H2,1-4H3,(H2,51,57)(H,52,64)(H,55,63)/t32?,35?,38-,42+,45-/m1/s1. The van der Waals surface area contributed by atoms with E-state index in [2.05, 4.69) is 30.7 Å². The molecule has 1 aliphatic carbocycles. The average molecular weight is 917 g/mol. The van der Waals surface area contributed by atoms with Crippen molar-refractivity contribution in [3.63, 3.8) is 0 Å². The Kier molecular flexibility index (Phi) is 14.5. The van der Waals surface area contributed by atoms with Crippen LogP contribution in [0.25, 0.3) is 32.8 Å². The van der Waals surface area contributed by atoms with Gasteiger partial charge in [-0.05, 0) is 105 Å². The number of thiazole rings is 1. The molecule has 3 aliphatic rings. The van der Waals surface area contributed by atoms with E-state index < -0.39 is 23.6 Å². The molecule has 5 aromatic rings. The fourth-order valence-corrected chi connectivity index (χ4v) is 10.7. The summed E-state index contributed by atoms with van der Waals surface area (Å²) in [5.41, 5.74) is 13.2. The lowest BCUT2D eigenvalue weighted by Gasteiger charge is -2.37. The zero-order chi connectivity index (χ0) is 46.5. The molecule has 0 unspecified atom stereocenters. The maximum Gasteiger partial charge on any atom is 0.246 e. The number of nitrogens with one attached hydrogen (secondary N) is 2. The van der Waals surface area contributed by atoms with Gasteiger partial charge >= 0.3 is 0 Å². The Bertz CT molecular complexity index is 2470. The number of aromatic nitrogens is 5. The Labute approximate surface area is 391 Å². The second-order valence-electron chi connectivity index (χ2n) is 19.6. The average Bonchev–Trinajstić information content (AvgIpc) is 4.08. The van der Waals surface area contributed by atoms with Crippen LogP contribution in [0.5, 0.6) is 5.75 Å². The van der Waals surface area contributed by atoms with Gasteiger partial charge in [0.15, 0.2) is 5.82 Å². The quantitative estimate of drug-likeness (QED) is 0.0788. The largest absolute Gasteiger partial charge is 0.507 e. The van der Waals surface area contributed by atoms with E-state index in [9.17, 15) is 24.6 Å². The number of phenols is 1. The minimum Gasteiger partial charge on any atom is -0.507 e. The number of aliphatic hydroxyl groups is 1. The number of aryl methyl sites for hydroxylation is 1. The minimum absolute atomic E-state index is 0.0436. The predicted octanol–water partition coefficient (Wildman–Crippen LogP) is 6.76. The van der Waals surface area contributed by atoms with Gasteiger partial charge in [-0.3, -0.25) is 19.1 Å². The first-order valence-electron chi connectivity index (χ1n) is 23.5. The highest BCUT2D eigenvalue weighted by Gasteiger charge is 2.45. The second kappa shape index (κ2) is 20.4. The van der Waals surface area contributed by atoms with Gasteiger partial charge in [-0.15, -0.1) is 21.5 Å². The van der Waals surface area contributed by atoms with Crippen LogP contribution in [0.15, 0.2) is 72.5 Å². The fraction of sp³-hybridized carbons (Fsp3) is 0.500. The molecule has 2 aromatic carbocycles. The molecule has 3 atom stereocenters. The monoisotopic (exact) mass is 916 g/mol. The molecule has 3 aromatic heterocycles. The lowest BCUT2D eigenvalue weighted by molar-refractivity contribution is -0.144. The molecule has 15 nitrogen and oxygen atoms in total. The molecule has 66 heavy (non-hydrogen) atoms. The van der Waals surface area contributed by atoms with Crippen molar-refractivity contribution in [2.24, 2.45) is 17.3 Å². The summed E-state index contributed by atoms with van der Waals surface area (Å²) in [5, 5.41) is 40.2. The molecular formula is C50H64N10O5S. The van der Waals surface area contributed by atoms with Crippen molar-refractivity contribution in [3.8, 4) is 38.6 Å². The molecule has 2 aliphatic heterocycles.